The summed E-state index contributed by atoms with van der Waals surface area (Å²) in [7, 11) is 0. The fourth-order valence-electron chi connectivity index (χ4n) is 1.69. The molecule has 0 heteroatoms. The highest BCUT2D eigenvalue weighted by Crippen LogP contribution is 2.19. The Morgan fingerprint density at radius 2 is 1.22 bits per heavy atom. The summed E-state index contributed by atoms with van der Waals surface area (Å²) >= 11 is 0. The van der Waals surface area contributed by atoms with Crippen molar-refractivity contribution in [1.82, 2.24) is 0 Å². The molecule has 2 aromatic rings. The standard InChI is InChI=1S/C12H12.2C2H6.2CH4/c1-9-7-10(2)12-6-4-3-5-11(12)8-9;2*1-2;;/h3-8H,1-2H3;2*1-2H3;2*1H4. The van der Waals surface area contributed by atoms with Crippen LogP contribution in [0.3, 0.4) is 0 Å². The number of benzene rings is 2. The average Bonchev–Trinajstić information content (AvgIpc) is 2.34. The summed E-state index contributed by atoms with van der Waals surface area (Å²) in [6.07, 6.45) is 0. The molecule has 2 aromatic carbocycles. The first kappa shape index (κ1) is 21.9. The Morgan fingerprint density at radius 1 is 0.722 bits per heavy atom. The van der Waals surface area contributed by atoms with Crippen molar-refractivity contribution in [2.75, 3.05) is 0 Å². The van der Waals surface area contributed by atoms with E-state index in [4.69, 9.17) is 0 Å². The van der Waals surface area contributed by atoms with Gasteiger partial charge in [-0.2, -0.15) is 0 Å². The van der Waals surface area contributed by atoms with Crippen LogP contribution in [0.1, 0.15) is 53.7 Å². The summed E-state index contributed by atoms with van der Waals surface area (Å²) < 4.78 is 0. The van der Waals surface area contributed by atoms with E-state index in [2.05, 4.69) is 50.2 Å². The molecule has 0 unspecified atom stereocenters. The molecule has 2 rings (SSSR count). The maximum atomic E-state index is 2.22. The maximum absolute atomic E-state index is 2.22. The van der Waals surface area contributed by atoms with E-state index < -0.39 is 0 Å². The van der Waals surface area contributed by atoms with E-state index >= 15 is 0 Å². The minimum atomic E-state index is 0. The predicted octanol–water partition coefficient (Wildman–Crippen LogP) is 6.78. The number of rotatable bonds is 0. The number of hydrogen-bond acceptors (Lipinski definition) is 0. The van der Waals surface area contributed by atoms with Crippen LogP contribution in [0.15, 0.2) is 36.4 Å². The highest BCUT2D eigenvalue weighted by atomic mass is 14.0. The largest absolute Gasteiger partial charge is 0.0776 e. The third kappa shape index (κ3) is 5.86. The summed E-state index contributed by atoms with van der Waals surface area (Å²) in [5, 5.41) is 2.71. The molecule has 0 heterocycles. The molecule has 0 aliphatic rings. The van der Waals surface area contributed by atoms with Crippen LogP contribution in [0, 0.1) is 13.8 Å². The Labute approximate surface area is 115 Å². The van der Waals surface area contributed by atoms with E-state index in [9.17, 15) is 0 Å². The number of fused-ring (bicyclic) bond motifs is 1. The van der Waals surface area contributed by atoms with Crippen molar-refractivity contribution in [3.8, 4) is 0 Å². The van der Waals surface area contributed by atoms with Gasteiger partial charge in [0.25, 0.3) is 0 Å². The van der Waals surface area contributed by atoms with E-state index in [0.717, 1.165) is 0 Å². The van der Waals surface area contributed by atoms with Crippen molar-refractivity contribution in [2.24, 2.45) is 0 Å². The lowest BCUT2D eigenvalue weighted by Crippen LogP contribution is -1.80. The van der Waals surface area contributed by atoms with E-state index in [0.29, 0.717) is 0 Å². The molecule has 0 aliphatic carbocycles. The van der Waals surface area contributed by atoms with E-state index in [-0.39, 0.29) is 14.9 Å². The SMILES string of the molecule is C.C.CC.CC.Cc1cc(C)c2ccccc2c1. The molecule has 0 amide bonds. The van der Waals surface area contributed by atoms with Crippen LogP contribution >= 0.6 is 0 Å². The van der Waals surface area contributed by atoms with Crippen molar-refractivity contribution in [3.63, 3.8) is 0 Å². The molecule has 0 radical (unpaired) electrons. The van der Waals surface area contributed by atoms with Gasteiger partial charge < -0.3 is 0 Å². The van der Waals surface area contributed by atoms with Gasteiger partial charge in [-0.1, -0.05) is 84.5 Å². The summed E-state index contributed by atoms with van der Waals surface area (Å²) in [6.45, 7) is 12.3. The lowest BCUT2D eigenvalue weighted by molar-refractivity contribution is 1.43. The van der Waals surface area contributed by atoms with Gasteiger partial charge in [-0.3, -0.25) is 0 Å². The minimum Gasteiger partial charge on any atom is -0.0776 e. The van der Waals surface area contributed by atoms with Gasteiger partial charge in [0, 0.05) is 0 Å². The van der Waals surface area contributed by atoms with Crippen molar-refractivity contribution >= 4 is 10.8 Å². The predicted molar refractivity (Wildman–Crippen MR) is 89.6 cm³/mol. The molecular formula is C18H32. The smallest absolute Gasteiger partial charge is 0.0155 e. The Morgan fingerprint density at radius 3 is 1.78 bits per heavy atom. The highest BCUT2D eigenvalue weighted by Gasteiger charge is 1.95. The first-order valence-electron chi connectivity index (χ1n) is 6.23. The molecule has 0 spiro atoms. The van der Waals surface area contributed by atoms with Gasteiger partial charge in [0.05, 0.1) is 0 Å². The normalized spacial score (nSPS) is 7.67. The number of aryl methyl sites for hydroxylation is 2. The molecule has 0 N–H and O–H groups in total. The second-order valence-electron chi connectivity index (χ2n) is 3.30. The molecule has 18 heavy (non-hydrogen) atoms. The van der Waals surface area contributed by atoms with Crippen LogP contribution in [0.4, 0.5) is 0 Å². The van der Waals surface area contributed by atoms with Crippen molar-refractivity contribution in [1.29, 1.82) is 0 Å². The van der Waals surface area contributed by atoms with Crippen LogP contribution in [-0.2, 0) is 0 Å². The Hall–Kier alpha value is -1.30. The molecule has 0 nitrogen and oxygen atoms in total. The van der Waals surface area contributed by atoms with Gasteiger partial charge in [-0.25, -0.2) is 0 Å². The van der Waals surface area contributed by atoms with Crippen LogP contribution in [-0.4, -0.2) is 0 Å². The first-order valence-corrected chi connectivity index (χ1v) is 6.23. The fraction of sp³-hybridized carbons (Fsp3) is 0.444. The van der Waals surface area contributed by atoms with Gasteiger partial charge in [-0.15, -0.1) is 0 Å². The molecule has 0 saturated heterocycles. The second-order valence-corrected chi connectivity index (χ2v) is 3.30. The highest BCUT2D eigenvalue weighted by molar-refractivity contribution is 5.86. The van der Waals surface area contributed by atoms with Gasteiger partial charge in [0.15, 0.2) is 0 Å². The van der Waals surface area contributed by atoms with Crippen LogP contribution in [0.5, 0.6) is 0 Å². The zero-order valence-corrected chi connectivity index (χ0v) is 11.5. The molecule has 0 aromatic heterocycles. The van der Waals surface area contributed by atoms with Gasteiger partial charge in [0.1, 0.15) is 0 Å². The Kier molecular flexibility index (Phi) is 14.8. The monoisotopic (exact) mass is 248 g/mol. The van der Waals surface area contributed by atoms with Gasteiger partial charge in [-0.05, 0) is 30.2 Å². The first-order chi connectivity index (χ1) is 7.77. The Bertz CT molecular complexity index is 413. The molecule has 104 valence electrons. The van der Waals surface area contributed by atoms with Gasteiger partial charge >= 0.3 is 0 Å². The molecule has 0 atom stereocenters. The van der Waals surface area contributed by atoms with E-state index in [1.54, 1.807) is 0 Å². The Balaban J connectivity index is -0.000000344. The summed E-state index contributed by atoms with van der Waals surface area (Å²) in [5.41, 5.74) is 2.71. The van der Waals surface area contributed by atoms with Crippen LogP contribution in [0.2, 0.25) is 0 Å². The third-order valence-corrected chi connectivity index (χ3v) is 2.21. The molecule has 0 bridgehead atoms. The quantitative estimate of drug-likeness (QED) is 0.482. The summed E-state index contributed by atoms with van der Waals surface area (Å²) in [4.78, 5) is 0. The van der Waals surface area contributed by atoms with Crippen molar-refractivity contribution in [2.45, 2.75) is 56.4 Å². The van der Waals surface area contributed by atoms with E-state index in [1.807, 2.05) is 27.7 Å². The number of hydrogen-bond donors (Lipinski definition) is 0. The lowest BCUT2D eigenvalue weighted by Gasteiger charge is -2.02. The molecule has 0 saturated carbocycles. The van der Waals surface area contributed by atoms with Crippen LogP contribution in [0.25, 0.3) is 10.8 Å². The topological polar surface area (TPSA) is 0 Å². The minimum absolute atomic E-state index is 0. The third-order valence-electron chi connectivity index (χ3n) is 2.21. The molecule has 0 aliphatic heterocycles. The van der Waals surface area contributed by atoms with Crippen molar-refractivity contribution in [3.05, 3.63) is 47.5 Å². The summed E-state index contributed by atoms with van der Waals surface area (Å²) in [5.74, 6) is 0. The van der Waals surface area contributed by atoms with Crippen molar-refractivity contribution < 1.29 is 0 Å². The summed E-state index contributed by atoms with van der Waals surface area (Å²) in [6, 6.07) is 13.0. The average molecular weight is 248 g/mol. The van der Waals surface area contributed by atoms with Gasteiger partial charge in [0.2, 0.25) is 0 Å². The zero-order chi connectivity index (χ0) is 12.6. The molecule has 0 fully saturated rings. The van der Waals surface area contributed by atoms with E-state index in [1.165, 1.54) is 21.9 Å². The second kappa shape index (κ2) is 12.2. The lowest BCUT2D eigenvalue weighted by atomic mass is 10.0. The van der Waals surface area contributed by atoms with Crippen LogP contribution < -0.4 is 0 Å². The fourth-order valence-corrected chi connectivity index (χ4v) is 1.69. The maximum Gasteiger partial charge on any atom is -0.0155 e. The molecular weight excluding hydrogens is 216 g/mol. The zero-order valence-electron chi connectivity index (χ0n) is 11.5.